The summed E-state index contributed by atoms with van der Waals surface area (Å²) in [6.07, 6.45) is 1.40. The Morgan fingerprint density at radius 3 is 2.21 bits per heavy atom. The number of aliphatic hydroxyl groups excluding tert-OH is 1. The lowest BCUT2D eigenvalue weighted by Gasteiger charge is -2.26. The molecule has 2 amide bonds. The first-order chi connectivity index (χ1) is 8.99. The van der Waals surface area contributed by atoms with Crippen molar-refractivity contribution >= 4 is 11.7 Å². The molecule has 0 aliphatic rings. The van der Waals surface area contributed by atoms with Crippen LogP contribution in [-0.4, -0.2) is 29.1 Å². The number of hydrogen-bond donors (Lipinski definition) is 2. The second-order valence-corrected chi connectivity index (χ2v) is 4.81. The molecule has 0 heterocycles. The quantitative estimate of drug-likeness (QED) is 0.856. The number of carbonyl (C=O) groups is 1. The minimum absolute atomic E-state index is 0.0986. The smallest absolute Gasteiger partial charge is 0.321 e. The number of nitrogens with zero attached hydrogens (tertiary/aromatic N) is 1. The van der Waals surface area contributed by atoms with E-state index in [9.17, 15) is 9.90 Å². The SMILES string of the molecule is CCC(CC)N(C)C(=O)Nc1ccc(C(C)O)cc1. The Bertz CT molecular complexity index is 397. The van der Waals surface area contributed by atoms with Gasteiger partial charge in [0.1, 0.15) is 0 Å². The number of amides is 2. The van der Waals surface area contributed by atoms with Crippen molar-refractivity contribution < 1.29 is 9.90 Å². The molecule has 0 spiro atoms. The minimum Gasteiger partial charge on any atom is -0.389 e. The first kappa shape index (κ1) is 15.5. The van der Waals surface area contributed by atoms with E-state index in [0.29, 0.717) is 0 Å². The molecule has 0 bridgehead atoms. The summed E-state index contributed by atoms with van der Waals surface area (Å²) in [5.41, 5.74) is 1.58. The van der Waals surface area contributed by atoms with Gasteiger partial charge in [-0.05, 0) is 37.5 Å². The fourth-order valence-corrected chi connectivity index (χ4v) is 2.06. The molecule has 19 heavy (non-hydrogen) atoms. The van der Waals surface area contributed by atoms with Gasteiger partial charge in [-0.1, -0.05) is 26.0 Å². The summed E-state index contributed by atoms with van der Waals surface area (Å²) in [7, 11) is 1.82. The highest BCUT2D eigenvalue weighted by atomic mass is 16.3. The molecular formula is C15H24N2O2. The summed E-state index contributed by atoms with van der Waals surface area (Å²) in [5.74, 6) is 0. The molecule has 0 saturated carbocycles. The fourth-order valence-electron chi connectivity index (χ4n) is 2.06. The van der Waals surface area contributed by atoms with Gasteiger partial charge in [-0.2, -0.15) is 0 Å². The largest absolute Gasteiger partial charge is 0.389 e. The standard InChI is InChI=1S/C15H24N2O2/c1-5-14(6-2)17(4)15(19)16-13-9-7-12(8-10-13)11(3)18/h7-11,14,18H,5-6H2,1-4H3,(H,16,19). The molecule has 1 aromatic carbocycles. The molecule has 0 saturated heterocycles. The Kier molecular flexibility index (Phi) is 5.83. The second kappa shape index (κ2) is 7.14. The molecule has 0 radical (unpaired) electrons. The maximum absolute atomic E-state index is 12.1. The number of carbonyl (C=O) groups excluding carboxylic acids is 1. The molecule has 1 aromatic rings. The highest BCUT2D eigenvalue weighted by molar-refractivity contribution is 5.89. The molecular weight excluding hydrogens is 240 g/mol. The Hall–Kier alpha value is -1.55. The second-order valence-electron chi connectivity index (χ2n) is 4.81. The molecule has 1 rings (SSSR count). The summed E-state index contributed by atoms with van der Waals surface area (Å²) < 4.78 is 0. The third kappa shape index (κ3) is 4.24. The summed E-state index contributed by atoms with van der Waals surface area (Å²) in [6.45, 7) is 5.87. The van der Waals surface area contributed by atoms with E-state index in [0.717, 1.165) is 24.1 Å². The maximum Gasteiger partial charge on any atom is 0.321 e. The topological polar surface area (TPSA) is 52.6 Å². The van der Waals surface area contributed by atoms with E-state index in [1.54, 1.807) is 24.0 Å². The van der Waals surface area contributed by atoms with Gasteiger partial charge < -0.3 is 15.3 Å². The van der Waals surface area contributed by atoms with Crippen LogP contribution in [0.5, 0.6) is 0 Å². The number of anilines is 1. The van der Waals surface area contributed by atoms with Crippen LogP contribution in [-0.2, 0) is 0 Å². The summed E-state index contributed by atoms with van der Waals surface area (Å²) >= 11 is 0. The first-order valence-electron chi connectivity index (χ1n) is 6.81. The van der Waals surface area contributed by atoms with Gasteiger partial charge in [0.15, 0.2) is 0 Å². The van der Waals surface area contributed by atoms with Crippen molar-refractivity contribution in [2.75, 3.05) is 12.4 Å². The van der Waals surface area contributed by atoms with Crippen molar-refractivity contribution in [1.82, 2.24) is 4.90 Å². The normalized spacial score (nSPS) is 12.3. The monoisotopic (exact) mass is 264 g/mol. The van der Waals surface area contributed by atoms with Gasteiger partial charge in [0.05, 0.1) is 6.10 Å². The van der Waals surface area contributed by atoms with Crippen LogP contribution < -0.4 is 5.32 Å². The number of aliphatic hydroxyl groups is 1. The van der Waals surface area contributed by atoms with Crippen LogP contribution in [0.25, 0.3) is 0 Å². The lowest BCUT2D eigenvalue weighted by molar-refractivity contribution is 0.199. The van der Waals surface area contributed by atoms with Gasteiger partial charge in [-0.15, -0.1) is 0 Å². The van der Waals surface area contributed by atoms with Crippen LogP contribution in [0, 0.1) is 0 Å². The third-order valence-electron chi connectivity index (χ3n) is 3.45. The van der Waals surface area contributed by atoms with Crippen LogP contribution in [0.15, 0.2) is 24.3 Å². The van der Waals surface area contributed by atoms with E-state index in [4.69, 9.17) is 0 Å². The molecule has 1 atom stereocenters. The number of benzene rings is 1. The zero-order chi connectivity index (χ0) is 14.4. The van der Waals surface area contributed by atoms with Gasteiger partial charge in [0.25, 0.3) is 0 Å². The van der Waals surface area contributed by atoms with Crippen LogP contribution in [0.4, 0.5) is 10.5 Å². The number of rotatable bonds is 5. The minimum atomic E-state index is -0.489. The maximum atomic E-state index is 12.1. The summed E-state index contributed by atoms with van der Waals surface area (Å²) in [4.78, 5) is 13.8. The fraction of sp³-hybridized carbons (Fsp3) is 0.533. The average molecular weight is 264 g/mol. The number of urea groups is 1. The van der Waals surface area contributed by atoms with Crippen molar-refractivity contribution in [1.29, 1.82) is 0 Å². The molecule has 2 N–H and O–H groups in total. The van der Waals surface area contributed by atoms with Crippen LogP contribution >= 0.6 is 0 Å². The van der Waals surface area contributed by atoms with Crippen molar-refractivity contribution in [3.05, 3.63) is 29.8 Å². The van der Waals surface area contributed by atoms with Crippen molar-refractivity contribution in [3.63, 3.8) is 0 Å². The molecule has 0 aliphatic carbocycles. The molecule has 106 valence electrons. The van der Waals surface area contributed by atoms with E-state index in [2.05, 4.69) is 19.2 Å². The Morgan fingerprint density at radius 2 is 1.79 bits per heavy atom. The van der Waals surface area contributed by atoms with E-state index < -0.39 is 6.10 Å². The highest BCUT2D eigenvalue weighted by Crippen LogP contribution is 2.16. The number of hydrogen-bond acceptors (Lipinski definition) is 2. The van der Waals surface area contributed by atoms with E-state index >= 15 is 0 Å². The van der Waals surface area contributed by atoms with Gasteiger partial charge in [-0.3, -0.25) is 0 Å². The average Bonchev–Trinajstić information content (AvgIpc) is 2.40. The predicted octanol–water partition coefficient (Wildman–Crippen LogP) is 3.39. The lowest BCUT2D eigenvalue weighted by atomic mass is 10.1. The van der Waals surface area contributed by atoms with Crippen molar-refractivity contribution in [3.8, 4) is 0 Å². The van der Waals surface area contributed by atoms with Crippen molar-refractivity contribution in [2.45, 2.75) is 45.8 Å². The van der Waals surface area contributed by atoms with Gasteiger partial charge in [0, 0.05) is 18.8 Å². The van der Waals surface area contributed by atoms with Gasteiger partial charge >= 0.3 is 6.03 Å². The molecule has 0 aliphatic heterocycles. The Labute approximate surface area is 115 Å². The zero-order valence-corrected chi connectivity index (χ0v) is 12.2. The highest BCUT2D eigenvalue weighted by Gasteiger charge is 2.16. The van der Waals surface area contributed by atoms with Crippen LogP contribution in [0.3, 0.4) is 0 Å². The van der Waals surface area contributed by atoms with E-state index in [-0.39, 0.29) is 12.1 Å². The van der Waals surface area contributed by atoms with Crippen molar-refractivity contribution in [2.24, 2.45) is 0 Å². The molecule has 4 heteroatoms. The Morgan fingerprint density at radius 1 is 1.26 bits per heavy atom. The summed E-state index contributed by atoms with van der Waals surface area (Å²) in [5, 5.41) is 12.3. The van der Waals surface area contributed by atoms with Gasteiger partial charge in [-0.25, -0.2) is 4.79 Å². The van der Waals surface area contributed by atoms with E-state index in [1.807, 2.05) is 19.2 Å². The Balaban J connectivity index is 2.66. The summed E-state index contributed by atoms with van der Waals surface area (Å²) in [6, 6.07) is 7.41. The zero-order valence-electron chi connectivity index (χ0n) is 12.2. The predicted molar refractivity (Wildman–Crippen MR) is 78.2 cm³/mol. The molecule has 0 aromatic heterocycles. The first-order valence-corrected chi connectivity index (χ1v) is 6.81. The van der Waals surface area contributed by atoms with Crippen LogP contribution in [0.1, 0.15) is 45.3 Å². The van der Waals surface area contributed by atoms with Gasteiger partial charge in [0.2, 0.25) is 0 Å². The third-order valence-corrected chi connectivity index (χ3v) is 3.45. The van der Waals surface area contributed by atoms with Crippen LogP contribution in [0.2, 0.25) is 0 Å². The number of nitrogens with one attached hydrogen (secondary N) is 1. The van der Waals surface area contributed by atoms with E-state index in [1.165, 1.54) is 0 Å². The lowest BCUT2D eigenvalue weighted by Crippen LogP contribution is -2.39. The molecule has 4 nitrogen and oxygen atoms in total. The molecule has 0 fully saturated rings. The molecule has 1 unspecified atom stereocenters.